The fourth-order valence-corrected chi connectivity index (χ4v) is 2.35. The summed E-state index contributed by atoms with van der Waals surface area (Å²) in [4.78, 5) is 35.9. The molecule has 27 heavy (non-hydrogen) atoms. The second-order valence-corrected chi connectivity index (χ2v) is 5.54. The number of para-hydroxylation sites is 1. The van der Waals surface area contributed by atoms with Crippen LogP contribution in [0, 0.1) is 0 Å². The van der Waals surface area contributed by atoms with Crippen molar-refractivity contribution in [1.29, 1.82) is 0 Å². The molecule has 0 radical (unpaired) electrons. The van der Waals surface area contributed by atoms with E-state index in [4.69, 9.17) is 0 Å². The van der Waals surface area contributed by atoms with Crippen molar-refractivity contribution in [1.82, 2.24) is 15.1 Å². The molecule has 3 rings (SSSR count). The van der Waals surface area contributed by atoms with Crippen LogP contribution in [0.4, 0.5) is 16.2 Å². The predicted molar refractivity (Wildman–Crippen MR) is 102 cm³/mol. The van der Waals surface area contributed by atoms with Gasteiger partial charge in [-0.2, -0.15) is 9.78 Å². The molecule has 0 saturated carbocycles. The summed E-state index contributed by atoms with van der Waals surface area (Å²) < 4.78 is 1.17. The largest absolute Gasteiger partial charge is 0.341 e. The number of anilines is 2. The van der Waals surface area contributed by atoms with Gasteiger partial charge in [-0.05, 0) is 36.4 Å². The van der Waals surface area contributed by atoms with Crippen molar-refractivity contribution in [3.05, 3.63) is 82.8 Å². The number of nitrogens with zero attached hydrogens (tertiary/aromatic N) is 2. The Balaban J connectivity index is 1.82. The van der Waals surface area contributed by atoms with Gasteiger partial charge in [0.15, 0.2) is 0 Å². The molecule has 8 heteroatoms. The molecule has 0 fully saturated rings. The third kappa shape index (κ3) is 4.37. The number of amides is 3. The smallest absolute Gasteiger partial charge is 0.318 e. The van der Waals surface area contributed by atoms with Crippen LogP contribution in [0.3, 0.4) is 0 Å². The van der Waals surface area contributed by atoms with Crippen molar-refractivity contribution < 1.29 is 9.59 Å². The first-order valence-corrected chi connectivity index (χ1v) is 8.13. The van der Waals surface area contributed by atoms with E-state index in [-0.39, 0.29) is 17.3 Å². The first kappa shape index (κ1) is 17.9. The molecule has 0 atom stereocenters. The number of nitrogens with one attached hydrogen (secondary N) is 3. The molecule has 0 unspecified atom stereocenters. The van der Waals surface area contributed by atoms with Gasteiger partial charge in [-0.3, -0.25) is 9.59 Å². The van der Waals surface area contributed by atoms with Crippen LogP contribution in [0.15, 0.2) is 71.5 Å². The topological polar surface area (TPSA) is 105 Å². The van der Waals surface area contributed by atoms with Crippen molar-refractivity contribution in [2.24, 2.45) is 0 Å². The first-order chi connectivity index (χ1) is 13.1. The fourth-order valence-electron chi connectivity index (χ4n) is 2.35. The van der Waals surface area contributed by atoms with E-state index in [0.29, 0.717) is 17.1 Å². The van der Waals surface area contributed by atoms with E-state index in [1.165, 1.54) is 23.9 Å². The number of carbonyl (C=O) groups is 2. The summed E-state index contributed by atoms with van der Waals surface area (Å²) >= 11 is 0. The van der Waals surface area contributed by atoms with Gasteiger partial charge in [0.25, 0.3) is 11.5 Å². The van der Waals surface area contributed by atoms with Crippen LogP contribution in [0.5, 0.6) is 0 Å². The van der Waals surface area contributed by atoms with Gasteiger partial charge in [0, 0.05) is 24.5 Å². The molecule has 1 heterocycles. The minimum Gasteiger partial charge on any atom is -0.341 e. The normalized spacial score (nSPS) is 10.1. The van der Waals surface area contributed by atoms with Gasteiger partial charge in [-0.1, -0.05) is 24.3 Å². The van der Waals surface area contributed by atoms with E-state index in [1.54, 1.807) is 48.5 Å². The van der Waals surface area contributed by atoms with E-state index in [0.717, 1.165) is 0 Å². The third-order valence-corrected chi connectivity index (χ3v) is 3.64. The van der Waals surface area contributed by atoms with Gasteiger partial charge in [0.2, 0.25) is 0 Å². The molecule has 136 valence electrons. The molecule has 8 nitrogen and oxygen atoms in total. The van der Waals surface area contributed by atoms with Crippen LogP contribution in [-0.4, -0.2) is 28.8 Å². The summed E-state index contributed by atoms with van der Waals surface area (Å²) in [5.41, 5.74) is 1.31. The Bertz CT molecular complexity index is 1030. The van der Waals surface area contributed by atoms with Gasteiger partial charge < -0.3 is 16.0 Å². The Labute approximate surface area is 154 Å². The van der Waals surface area contributed by atoms with Crippen molar-refractivity contribution in [3.8, 4) is 5.69 Å². The quantitative estimate of drug-likeness (QED) is 0.661. The van der Waals surface area contributed by atoms with Gasteiger partial charge in [0.1, 0.15) is 5.69 Å². The number of hydrogen-bond donors (Lipinski definition) is 3. The Morgan fingerprint density at radius 1 is 0.889 bits per heavy atom. The monoisotopic (exact) mass is 363 g/mol. The second kappa shape index (κ2) is 7.96. The third-order valence-electron chi connectivity index (χ3n) is 3.64. The van der Waals surface area contributed by atoms with Gasteiger partial charge >= 0.3 is 6.03 Å². The standard InChI is InChI=1S/C19H17N5O3/c1-20-19(27)22-14-7-5-6-13(12-14)21-18(26)16-10-11-17(25)24(23-16)15-8-3-2-4-9-15/h2-12H,1H3,(H,21,26)(H2,20,22,27). The molecule has 0 aliphatic heterocycles. The summed E-state index contributed by atoms with van der Waals surface area (Å²) in [6.07, 6.45) is 0. The number of carbonyl (C=O) groups excluding carboxylic acids is 2. The molecule has 0 bridgehead atoms. The molecule has 0 aliphatic carbocycles. The number of hydrogen-bond acceptors (Lipinski definition) is 4. The summed E-state index contributed by atoms with van der Waals surface area (Å²) in [6, 6.07) is 17.8. The predicted octanol–water partition coefficient (Wildman–Crippen LogP) is 2.24. The lowest BCUT2D eigenvalue weighted by Crippen LogP contribution is -2.25. The minimum absolute atomic E-state index is 0.0862. The highest BCUT2D eigenvalue weighted by Crippen LogP contribution is 2.15. The summed E-state index contributed by atoms with van der Waals surface area (Å²) in [5, 5.41) is 11.9. The zero-order valence-electron chi connectivity index (χ0n) is 14.5. The van der Waals surface area contributed by atoms with Crippen molar-refractivity contribution >= 4 is 23.3 Å². The average molecular weight is 363 g/mol. The molecular weight excluding hydrogens is 346 g/mol. The number of urea groups is 1. The molecule has 3 amide bonds. The van der Waals surface area contributed by atoms with Crippen molar-refractivity contribution in [2.45, 2.75) is 0 Å². The van der Waals surface area contributed by atoms with Crippen LogP contribution >= 0.6 is 0 Å². The maximum Gasteiger partial charge on any atom is 0.318 e. The van der Waals surface area contributed by atoms with Crippen LogP contribution in [0.1, 0.15) is 10.5 Å². The SMILES string of the molecule is CNC(=O)Nc1cccc(NC(=O)c2ccc(=O)n(-c3ccccc3)n2)c1. The van der Waals surface area contributed by atoms with Gasteiger partial charge in [-0.15, -0.1) is 0 Å². The van der Waals surface area contributed by atoms with E-state index in [2.05, 4.69) is 21.0 Å². The average Bonchev–Trinajstić information content (AvgIpc) is 2.69. The van der Waals surface area contributed by atoms with Crippen molar-refractivity contribution in [2.75, 3.05) is 17.7 Å². The van der Waals surface area contributed by atoms with E-state index >= 15 is 0 Å². The lowest BCUT2D eigenvalue weighted by Gasteiger charge is -2.09. The lowest BCUT2D eigenvalue weighted by atomic mass is 10.2. The Hall–Kier alpha value is -3.94. The van der Waals surface area contributed by atoms with Crippen LogP contribution < -0.4 is 21.5 Å². The lowest BCUT2D eigenvalue weighted by molar-refractivity contribution is 0.102. The zero-order chi connectivity index (χ0) is 19.2. The molecule has 0 aliphatic rings. The van der Waals surface area contributed by atoms with E-state index < -0.39 is 5.91 Å². The molecular formula is C19H17N5O3. The van der Waals surface area contributed by atoms with Crippen LogP contribution in [-0.2, 0) is 0 Å². The molecule has 3 aromatic rings. The second-order valence-electron chi connectivity index (χ2n) is 5.54. The van der Waals surface area contributed by atoms with Crippen LogP contribution in [0.2, 0.25) is 0 Å². The maximum atomic E-state index is 12.5. The van der Waals surface area contributed by atoms with Crippen LogP contribution in [0.25, 0.3) is 5.69 Å². The highest BCUT2D eigenvalue weighted by molar-refractivity contribution is 6.03. The molecule has 1 aromatic heterocycles. The Kier molecular flexibility index (Phi) is 5.27. The van der Waals surface area contributed by atoms with Gasteiger partial charge in [-0.25, -0.2) is 4.79 Å². The molecule has 0 saturated heterocycles. The fraction of sp³-hybridized carbons (Fsp3) is 0.0526. The minimum atomic E-state index is -0.475. The van der Waals surface area contributed by atoms with E-state index in [9.17, 15) is 14.4 Å². The number of rotatable bonds is 4. The highest BCUT2D eigenvalue weighted by Gasteiger charge is 2.11. The summed E-state index contributed by atoms with van der Waals surface area (Å²) in [5.74, 6) is -0.475. The number of benzene rings is 2. The first-order valence-electron chi connectivity index (χ1n) is 8.13. The highest BCUT2D eigenvalue weighted by atomic mass is 16.2. The van der Waals surface area contributed by atoms with Crippen molar-refractivity contribution in [3.63, 3.8) is 0 Å². The maximum absolute atomic E-state index is 12.5. The Morgan fingerprint density at radius 3 is 2.30 bits per heavy atom. The molecule has 2 aromatic carbocycles. The summed E-state index contributed by atoms with van der Waals surface area (Å²) in [7, 11) is 1.51. The molecule has 3 N–H and O–H groups in total. The van der Waals surface area contributed by atoms with E-state index in [1.807, 2.05) is 6.07 Å². The van der Waals surface area contributed by atoms with Gasteiger partial charge in [0.05, 0.1) is 5.69 Å². The zero-order valence-corrected chi connectivity index (χ0v) is 14.5. The number of aromatic nitrogens is 2. The summed E-state index contributed by atoms with van der Waals surface area (Å²) in [6.45, 7) is 0. The molecule has 0 spiro atoms. The Morgan fingerprint density at radius 2 is 1.59 bits per heavy atom.